The minimum atomic E-state index is 0.775. The Labute approximate surface area is 90.4 Å². The predicted octanol–water partition coefficient (Wildman–Crippen LogP) is 3.68. The Morgan fingerprint density at radius 3 is 2.60 bits per heavy atom. The fourth-order valence-electron chi connectivity index (χ4n) is 1.83. The average molecular weight is 195 g/mol. The summed E-state index contributed by atoms with van der Waals surface area (Å²) in [7, 11) is 0. The van der Waals surface area contributed by atoms with Crippen LogP contribution >= 0.6 is 0 Å². The summed E-state index contributed by atoms with van der Waals surface area (Å²) in [4.78, 5) is 0. The van der Waals surface area contributed by atoms with Crippen LogP contribution in [0.1, 0.15) is 30.9 Å². The van der Waals surface area contributed by atoms with Crippen LogP contribution in [0, 0.1) is 11.3 Å². The highest BCUT2D eigenvalue weighted by atomic mass is 14.2. The van der Waals surface area contributed by atoms with Crippen molar-refractivity contribution in [2.45, 2.75) is 19.8 Å². The van der Waals surface area contributed by atoms with Gasteiger partial charge < -0.3 is 0 Å². The van der Waals surface area contributed by atoms with Gasteiger partial charge in [-0.05, 0) is 37.0 Å². The van der Waals surface area contributed by atoms with Crippen molar-refractivity contribution in [2.24, 2.45) is 0 Å². The van der Waals surface area contributed by atoms with Crippen LogP contribution < -0.4 is 0 Å². The summed E-state index contributed by atoms with van der Waals surface area (Å²) >= 11 is 0. The molecule has 0 unspecified atom stereocenters. The van der Waals surface area contributed by atoms with Gasteiger partial charge in [-0.3, -0.25) is 0 Å². The predicted molar refractivity (Wildman–Crippen MR) is 62.1 cm³/mol. The molecule has 0 saturated heterocycles. The summed E-state index contributed by atoms with van der Waals surface area (Å²) < 4.78 is 0. The number of allylic oxidation sites excluding steroid dienone is 4. The van der Waals surface area contributed by atoms with Gasteiger partial charge in [-0.1, -0.05) is 35.9 Å². The molecule has 74 valence electrons. The van der Waals surface area contributed by atoms with Crippen molar-refractivity contribution in [3.05, 3.63) is 53.1 Å². The van der Waals surface area contributed by atoms with E-state index in [0.29, 0.717) is 0 Å². The molecule has 0 N–H and O–H groups in total. The molecule has 1 aliphatic rings. The van der Waals surface area contributed by atoms with E-state index in [1.807, 2.05) is 24.3 Å². The lowest BCUT2D eigenvalue weighted by Gasteiger charge is -2.13. The SMILES string of the molecule is CC1=CC=C(c2ccccc2C#N)CC1. The summed E-state index contributed by atoms with van der Waals surface area (Å²) in [6, 6.07) is 10.0. The second-order valence-electron chi connectivity index (χ2n) is 3.86. The standard InChI is InChI=1S/C14H13N/c1-11-6-8-12(9-7-11)14-5-3-2-4-13(14)10-15/h2-6,8H,7,9H2,1H3. The molecule has 0 fully saturated rings. The lowest BCUT2D eigenvalue weighted by molar-refractivity contribution is 0.976. The van der Waals surface area contributed by atoms with Crippen LogP contribution in [0.2, 0.25) is 0 Å². The van der Waals surface area contributed by atoms with Crippen molar-refractivity contribution in [3.8, 4) is 6.07 Å². The van der Waals surface area contributed by atoms with E-state index in [1.165, 1.54) is 11.1 Å². The zero-order valence-corrected chi connectivity index (χ0v) is 8.83. The zero-order chi connectivity index (χ0) is 10.7. The number of benzene rings is 1. The van der Waals surface area contributed by atoms with E-state index in [4.69, 9.17) is 5.26 Å². The first-order chi connectivity index (χ1) is 7.31. The van der Waals surface area contributed by atoms with Gasteiger partial charge in [0.2, 0.25) is 0 Å². The molecule has 1 aromatic rings. The minimum absolute atomic E-state index is 0.775. The van der Waals surface area contributed by atoms with Gasteiger partial charge >= 0.3 is 0 Å². The normalized spacial score (nSPS) is 15.2. The molecule has 0 spiro atoms. The topological polar surface area (TPSA) is 23.8 Å². The van der Waals surface area contributed by atoms with Crippen molar-refractivity contribution in [1.82, 2.24) is 0 Å². The van der Waals surface area contributed by atoms with Gasteiger partial charge in [-0.15, -0.1) is 0 Å². The van der Waals surface area contributed by atoms with E-state index in [2.05, 4.69) is 25.1 Å². The second-order valence-corrected chi connectivity index (χ2v) is 3.86. The molecular formula is C14H13N. The van der Waals surface area contributed by atoms with Crippen molar-refractivity contribution < 1.29 is 0 Å². The van der Waals surface area contributed by atoms with Gasteiger partial charge in [0.1, 0.15) is 0 Å². The molecular weight excluding hydrogens is 182 g/mol. The highest BCUT2D eigenvalue weighted by Gasteiger charge is 2.09. The highest BCUT2D eigenvalue weighted by molar-refractivity contribution is 5.72. The summed E-state index contributed by atoms with van der Waals surface area (Å²) in [5, 5.41) is 9.01. The summed E-state index contributed by atoms with van der Waals surface area (Å²) in [5.74, 6) is 0. The summed E-state index contributed by atoms with van der Waals surface area (Å²) in [6.45, 7) is 2.14. The Morgan fingerprint density at radius 1 is 1.13 bits per heavy atom. The van der Waals surface area contributed by atoms with E-state index in [9.17, 15) is 0 Å². The first-order valence-electron chi connectivity index (χ1n) is 5.17. The van der Waals surface area contributed by atoms with Crippen LogP contribution in [-0.2, 0) is 0 Å². The van der Waals surface area contributed by atoms with Gasteiger partial charge in [0.05, 0.1) is 11.6 Å². The van der Waals surface area contributed by atoms with Gasteiger partial charge in [0, 0.05) is 0 Å². The number of rotatable bonds is 1. The van der Waals surface area contributed by atoms with Gasteiger partial charge in [0.25, 0.3) is 0 Å². The van der Waals surface area contributed by atoms with E-state index < -0.39 is 0 Å². The van der Waals surface area contributed by atoms with Crippen molar-refractivity contribution in [3.63, 3.8) is 0 Å². The van der Waals surface area contributed by atoms with Crippen LogP contribution in [0.25, 0.3) is 5.57 Å². The third-order valence-electron chi connectivity index (χ3n) is 2.75. The van der Waals surface area contributed by atoms with E-state index >= 15 is 0 Å². The Bertz CT molecular complexity index is 472. The molecule has 1 heteroatoms. The number of nitrogens with zero attached hydrogens (tertiary/aromatic N) is 1. The molecule has 0 atom stereocenters. The van der Waals surface area contributed by atoms with E-state index in [1.54, 1.807) is 0 Å². The third-order valence-corrected chi connectivity index (χ3v) is 2.75. The second kappa shape index (κ2) is 4.14. The summed E-state index contributed by atoms with van der Waals surface area (Å²) in [5.41, 5.74) is 4.55. The lowest BCUT2D eigenvalue weighted by atomic mass is 9.91. The molecule has 15 heavy (non-hydrogen) atoms. The quantitative estimate of drug-likeness (QED) is 0.670. The highest BCUT2D eigenvalue weighted by Crippen LogP contribution is 2.28. The van der Waals surface area contributed by atoms with Crippen LogP contribution in [0.3, 0.4) is 0 Å². The maximum absolute atomic E-state index is 9.01. The Balaban J connectivity index is 2.43. The number of hydrogen-bond acceptors (Lipinski definition) is 1. The molecule has 1 aliphatic carbocycles. The maximum atomic E-state index is 9.01. The third kappa shape index (κ3) is 1.99. The van der Waals surface area contributed by atoms with Gasteiger partial charge in [0.15, 0.2) is 0 Å². The fraction of sp³-hybridized carbons (Fsp3) is 0.214. The smallest absolute Gasteiger partial charge is 0.0998 e. The first-order valence-corrected chi connectivity index (χ1v) is 5.17. The Hall–Kier alpha value is -1.81. The van der Waals surface area contributed by atoms with Crippen molar-refractivity contribution >= 4 is 5.57 Å². The van der Waals surface area contributed by atoms with Crippen LogP contribution in [-0.4, -0.2) is 0 Å². The van der Waals surface area contributed by atoms with Crippen LogP contribution in [0.4, 0.5) is 0 Å². The molecule has 0 aliphatic heterocycles. The lowest BCUT2D eigenvalue weighted by Crippen LogP contribution is -1.93. The largest absolute Gasteiger partial charge is 0.192 e. The summed E-state index contributed by atoms with van der Waals surface area (Å²) in [6.07, 6.45) is 6.43. The Kier molecular flexibility index (Phi) is 2.69. The van der Waals surface area contributed by atoms with Crippen LogP contribution in [0.15, 0.2) is 42.0 Å². The minimum Gasteiger partial charge on any atom is -0.192 e. The number of nitriles is 1. The van der Waals surface area contributed by atoms with E-state index in [0.717, 1.165) is 24.0 Å². The Morgan fingerprint density at radius 2 is 1.93 bits per heavy atom. The fourth-order valence-corrected chi connectivity index (χ4v) is 1.83. The van der Waals surface area contributed by atoms with E-state index in [-0.39, 0.29) is 0 Å². The first kappa shape index (κ1) is 9.73. The molecule has 0 bridgehead atoms. The van der Waals surface area contributed by atoms with Gasteiger partial charge in [-0.2, -0.15) is 5.26 Å². The molecule has 0 radical (unpaired) electrons. The zero-order valence-electron chi connectivity index (χ0n) is 8.83. The molecule has 0 aromatic heterocycles. The van der Waals surface area contributed by atoms with Crippen molar-refractivity contribution in [2.75, 3.05) is 0 Å². The average Bonchev–Trinajstić information content (AvgIpc) is 2.30. The van der Waals surface area contributed by atoms with Crippen molar-refractivity contribution in [1.29, 1.82) is 5.26 Å². The monoisotopic (exact) mass is 195 g/mol. The molecule has 0 saturated carbocycles. The molecule has 1 nitrogen and oxygen atoms in total. The molecule has 0 amide bonds. The molecule has 2 rings (SSSR count). The number of hydrogen-bond donors (Lipinski definition) is 0. The molecule has 0 heterocycles. The molecule has 1 aromatic carbocycles. The maximum Gasteiger partial charge on any atom is 0.0998 e. The van der Waals surface area contributed by atoms with Crippen LogP contribution in [0.5, 0.6) is 0 Å². The van der Waals surface area contributed by atoms with Gasteiger partial charge in [-0.25, -0.2) is 0 Å².